The van der Waals surface area contributed by atoms with Crippen molar-refractivity contribution in [2.45, 2.75) is 6.42 Å². The maximum atomic E-state index is 12.2. The Morgan fingerprint density at radius 2 is 2.11 bits per heavy atom. The van der Waals surface area contributed by atoms with Crippen LogP contribution in [0, 0.1) is 0 Å². The van der Waals surface area contributed by atoms with Crippen molar-refractivity contribution in [3.8, 4) is 0 Å². The van der Waals surface area contributed by atoms with Gasteiger partial charge in [0.15, 0.2) is 0 Å². The van der Waals surface area contributed by atoms with Crippen LogP contribution in [0.1, 0.15) is 16.9 Å². The Labute approximate surface area is 111 Å². The molecule has 7 heteroatoms. The predicted molar refractivity (Wildman–Crippen MR) is 67.8 cm³/mol. The van der Waals surface area contributed by atoms with Gasteiger partial charge in [0, 0.05) is 39.4 Å². The molecule has 0 aliphatic carbocycles. The molecule has 1 amide bonds. The molecule has 0 unspecified atom stereocenters. The molecule has 1 aliphatic heterocycles. The Bertz CT molecular complexity index is 471. The number of carboxylic acid groups (broad SMARTS) is 1. The number of hydrogen-bond acceptors (Lipinski definition) is 4. The molecule has 0 aromatic carbocycles. The van der Waals surface area contributed by atoms with Crippen LogP contribution in [-0.2, 0) is 11.8 Å². The first-order chi connectivity index (χ1) is 9.06. The van der Waals surface area contributed by atoms with E-state index in [9.17, 15) is 9.59 Å². The van der Waals surface area contributed by atoms with Crippen LogP contribution in [0.3, 0.4) is 0 Å². The molecular formula is C12H18N4O3. The number of amides is 1. The highest BCUT2D eigenvalue weighted by atomic mass is 16.4. The van der Waals surface area contributed by atoms with Crippen LogP contribution in [0.2, 0.25) is 0 Å². The summed E-state index contributed by atoms with van der Waals surface area (Å²) in [5, 5.41) is 8.78. The van der Waals surface area contributed by atoms with Crippen LogP contribution in [0.5, 0.6) is 0 Å². The monoisotopic (exact) mass is 266 g/mol. The molecule has 1 N–H and O–H groups in total. The quantitative estimate of drug-likeness (QED) is 0.809. The van der Waals surface area contributed by atoms with Crippen LogP contribution >= 0.6 is 0 Å². The lowest BCUT2D eigenvalue weighted by Crippen LogP contribution is -2.36. The molecule has 2 heterocycles. The minimum Gasteiger partial charge on any atom is -0.480 e. The van der Waals surface area contributed by atoms with Gasteiger partial charge in [-0.2, -0.15) is 0 Å². The number of aromatic nitrogens is 2. The minimum absolute atomic E-state index is 0.0334. The summed E-state index contributed by atoms with van der Waals surface area (Å²) in [7, 11) is 1.82. The number of carbonyl (C=O) groups is 2. The van der Waals surface area contributed by atoms with E-state index in [-0.39, 0.29) is 12.5 Å². The van der Waals surface area contributed by atoms with E-state index in [0.717, 1.165) is 6.42 Å². The van der Waals surface area contributed by atoms with Crippen molar-refractivity contribution in [1.82, 2.24) is 19.4 Å². The molecule has 1 aromatic rings. The molecule has 0 bridgehead atoms. The van der Waals surface area contributed by atoms with Gasteiger partial charge in [0.2, 0.25) is 0 Å². The van der Waals surface area contributed by atoms with Crippen molar-refractivity contribution in [1.29, 1.82) is 0 Å². The van der Waals surface area contributed by atoms with E-state index < -0.39 is 5.97 Å². The van der Waals surface area contributed by atoms with Gasteiger partial charge >= 0.3 is 5.97 Å². The third-order valence-corrected chi connectivity index (χ3v) is 3.16. The van der Waals surface area contributed by atoms with E-state index in [1.807, 2.05) is 11.9 Å². The summed E-state index contributed by atoms with van der Waals surface area (Å²) in [5.74, 6) is -0.915. The molecule has 1 saturated heterocycles. The highest BCUT2D eigenvalue weighted by Gasteiger charge is 2.22. The third kappa shape index (κ3) is 3.54. The van der Waals surface area contributed by atoms with E-state index >= 15 is 0 Å². The van der Waals surface area contributed by atoms with Gasteiger partial charge in [-0.3, -0.25) is 14.5 Å². The standard InChI is InChI=1S/C12H18N4O3/c1-14-7-10(13-9-14)12(19)16-4-2-3-15(5-6-16)8-11(17)18/h7,9H,2-6,8H2,1H3,(H,17,18). The van der Waals surface area contributed by atoms with Gasteiger partial charge < -0.3 is 14.6 Å². The molecule has 0 spiro atoms. The Morgan fingerprint density at radius 1 is 1.32 bits per heavy atom. The number of nitrogens with zero attached hydrogens (tertiary/aromatic N) is 4. The first-order valence-electron chi connectivity index (χ1n) is 6.27. The summed E-state index contributed by atoms with van der Waals surface area (Å²) < 4.78 is 1.74. The second kappa shape index (κ2) is 5.83. The van der Waals surface area contributed by atoms with E-state index in [2.05, 4.69) is 4.98 Å². The SMILES string of the molecule is Cn1cnc(C(=O)N2CCCN(CC(=O)O)CC2)c1. The van der Waals surface area contributed by atoms with Gasteiger partial charge in [0.05, 0.1) is 12.9 Å². The van der Waals surface area contributed by atoms with Crippen molar-refractivity contribution >= 4 is 11.9 Å². The summed E-state index contributed by atoms with van der Waals surface area (Å²) in [6, 6.07) is 0. The van der Waals surface area contributed by atoms with Gasteiger partial charge in [0.1, 0.15) is 5.69 Å². The number of hydrogen-bond donors (Lipinski definition) is 1. The first-order valence-corrected chi connectivity index (χ1v) is 6.27. The van der Waals surface area contributed by atoms with Gasteiger partial charge in [-0.1, -0.05) is 0 Å². The Kier molecular flexibility index (Phi) is 4.16. The zero-order valence-electron chi connectivity index (χ0n) is 10.9. The van der Waals surface area contributed by atoms with E-state index in [1.165, 1.54) is 0 Å². The maximum absolute atomic E-state index is 12.2. The average molecular weight is 266 g/mol. The molecular weight excluding hydrogens is 248 g/mol. The molecule has 1 fully saturated rings. The zero-order chi connectivity index (χ0) is 13.8. The largest absolute Gasteiger partial charge is 0.480 e. The Morgan fingerprint density at radius 3 is 2.74 bits per heavy atom. The summed E-state index contributed by atoms with van der Waals surface area (Å²) >= 11 is 0. The van der Waals surface area contributed by atoms with Crippen LogP contribution in [0.4, 0.5) is 0 Å². The van der Waals surface area contributed by atoms with Crippen molar-refractivity contribution < 1.29 is 14.7 Å². The molecule has 1 aromatic heterocycles. The smallest absolute Gasteiger partial charge is 0.317 e. The summed E-state index contributed by atoms with van der Waals surface area (Å²) in [6.07, 6.45) is 4.08. The number of imidazole rings is 1. The average Bonchev–Trinajstić information content (AvgIpc) is 2.65. The number of rotatable bonds is 3. The van der Waals surface area contributed by atoms with Crippen molar-refractivity contribution in [2.24, 2.45) is 7.05 Å². The van der Waals surface area contributed by atoms with Gasteiger partial charge in [-0.15, -0.1) is 0 Å². The highest BCUT2D eigenvalue weighted by molar-refractivity contribution is 5.92. The predicted octanol–water partition coefficient (Wildman–Crippen LogP) is -0.347. The third-order valence-electron chi connectivity index (χ3n) is 3.16. The number of carbonyl (C=O) groups excluding carboxylic acids is 1. The summed E-state index contributed by atoms with van der Waals surface area (Å²) in [6.45, 7) is 2.52. The summed E-state index contributed by atoms with van der Waals surface area (Å²) in [5.41, 5.74) is 0.439. The normalized spacial score (nSPS) is 17.2. The van der Waals surface area contributed by atoms with E-state index in [0.29, 0.717) is 31.9 Å². The van der Waals surface area contributed by atoms with Gasteiger partial charge in [0.25, 0.3) is 5.91 Å². The molecule has 1 aliphatic rings. The molecule has 0 atom stereocenters. The van der Waals surface area contributed by atoms with Gasteiger partial charge in [-0.25, -0.2) is 4.98 Å². The summed E-state index contributed by atoms with van der Waals surface area (Å²) in [4.78, 5) is 30.5. The van der Waals surface area contributed by atoms with Crippen LogP contribution < -0.4 is 0 Å². The second-order valence-corrected chi connectivity index (χ2v) is 4.74. The molecule has 7 nitrogen and oxygen atoms in total. The Hall–Kier alpha value is -1.89. The Balaban J connectivity index is 1.95. The molecule has 2 rings (SSSR count). The van der Waals surface area contributed by atoms with E-state index in [1.54, 1.807) is 22.0 Å². The van der Waals surface area contributed by atoms with Crippen LogP contribution in [-0.4, -0.2) is 69.1 Å². The van der Waals surface area contributed by atoms with Crippen molar-refractivity contribution in [3.63, 3.8) is 0 Å². The highest BCUT2D eigenvalue weighted by Crippen LogP contribution is 2.07. The second-order valence-electron chi connectivity index (χ2n) is 4.74. The van der Waals surface area contributed by atoms with Gasteiger partial charge in [-0.05, 0) is 6.42 Å². The lowest BCUT2D eigenvalue weighted by atomic mass is 10.3. The minimum atomic E-state index is -0.829. The van der Waals surface area contributed by atoms with Crippen LogP contribution in [0.25, 0.3) is 0 Å². The topological polar surface area (TPSA) is 78.7 Å². The maximum Gasteiger partial charge on any atom is 0.317 e. The lowest BCUT2D eigenvalue weighted by Gasteiger charge is -2.20. The number of aryl methyl sites for hydroxylation is 1. The fraction of sp³-hybridized carbons (Fsp3) is 0.583. The molecule has 0 radical (unpaired) electrons. The fourth-order valence-electron chi connectivity index (χ4n) is 2.21. The first kappa shape index (κ1) is 13.5. The fourth-order valence-corrected chi connectivity index (χ4v) is 2.21. The lowest BCUT2D eigenvalue weighted by molar-refractivity contribution is -0.138. The molecule has 19 heavy (non-hydrogen) atoms. The van der Waals surface area contributed by atoms with Crippen LogP contribution in [0.15, 0.2) is 12.5 Å². The molecule has 0 saturated carbocycles. The number of carboxylic acids is 1. The zero-order valence-corrected chi connectivity index (χ0v) is 10.9. The van der Waals surface area contributed by atoms with Crippen molar-refractivity contribution in [3.05, 3.63) is 18.2 Å². The van der Waals surface area contributed by atoms with E-state index in [4.69, 9.17) is 5.11 Å². The van der Waals surface area contributed by atoms with Crippen molar-refractivity contribution in [2.75, 3.05) is 32.7 Å². The molecule has 104 valence electrons. The number of aliphatic carboxylic acids is 1.